The van der Waals surface area contributed by atoms with E-state index in [1.165, 1.54) is 4.90 Å². The topological polar surface area (TPSA) is 73.5 Å². The summed E-state index contributed by atoms with van der Waals surface area (Å²) in [5, 5.41) is 11.9. The SMILES string of the molecule is COc1ccc(-c2cn(C[C@H]3C[C@H]4CC[NH+]3C[C@@H]4C(=O)NCc3ccccc3)nn2)cc1. The van der Waals surface area contributed by atoms with Crippen molar-refractivity contribution in [3.8, 4) is 17.0 Å². The molecule has 6 rings (SSSR count). The van der Waals surface area contributed by atoms with Crippen molar-refractivity contribution < 1.29 is 14.4 Å². The molecule has 3 fully saturated rings. The van der Waals surface area contributed by atoms with E-state index in [1.54, 1.807) is 7.11 Å². The first-order valence-corrected chi connectivity index (χ1v) is 11.4. The molecule has 3 aliphatic rings. The van der Waals surface area contributed by atoms with Gasteiger partial charge < -0.3 is 15.0 Å². The number of amides is 1. The molecule has 0 saturated carbocycles. The summed E-state index contributed by atoms with van der Waals surface area (Å²) in [6.45, 7) is 3.50. The van der Waals surface area contributed by atoms with Crippen LogP contribution in [0.2, 0.25) is 0 Å². The summed E-state index contributed by atoms with van der Waals surface area (Å²) in [6.07, 6.45) is 4.22. The Morgan fingerprint density at radius 1 is 1.19 bits per heavy atom. The minimum Gasteiger partial charge on any atom is -0.497 e. The minimum atomic E-state index is 0.115. The van der Waals surface area contributed by atoms with E-state index in [0.29, 0.717) is 18.5 Å². The summed E-state index contributed by atoms with van der Waals surface area (Å²) in [5.74, 6) is 1.61. The predicted molar refractivity (Wildman–Crippen MR) is 121 cm³/mol. The molecule has 7 nitrogen and oxygen atoms in total. The van der Waals surface area contributed by atoms with E-state index < -0.39 is 0 Å². The molecule has 0 aliphatic carbocycles. The molecule has 0 radical (unpaired) electrons. The smallest absolute Gasteiger partial charge is 0.229 e. The molecule has 166 valence electrons. The van der Waals surface area contributed by atoms with Gasteiger partial charge in [0.2, 0.25) is 5.91 Å². The van der Waals surface area contributed by atoms with E-state index >= 15 is 0 Å². The maximum absolute atomic E-state index is 12.9. The van der Waals surface area contributed by atoms with E-state index in [2.05, 4.69) is 27.8 Å². The van der Waals surface area contributed by atoms with Crippen molar-refractivity contribution >= 4 is 5.91 Å². The first-order chi connectivity index (χ1) is 15.7. The average Bonchev–Trinajstić information content (AvgIpc) is 3.32. The fourth-order valence-electron chi connectivity index (χ4n) is 5.24. The van der Waals surface area contributed by atoms with Crippen LogP contribution in [0.3, 0.4) is 0 Å². The van der Waals surface area contributed by atoms with Gasteiger partial charge in [-0.2, -0.15) is 0 Å². The van der Waals surface area contributed by atoms with Gasteiger partial charge in [-0.25, -0.2) is 4.68 Å². The number of fused-ring (bicyclic) bond motifs is 3. The molecule has 3 aliphatic heterocycles. The van der Waals surface area contributed by atoms with Crippen molar-refractivity contribution in [1.29, 1.82) is 0 Å². The molecule has 1 unspecified atom stereocenters. The number of nitrogens with zero attached hydrogens (tertiary/aromatic N) is 3. The van der Waals surface area contributed by atoms with Crippen LogP contribution in [0.25, 0.3) is 11.3 Å². The molecule has 2 bridgehead atoms. The third kappa shape index (κ3) is 4.39. The third-order valence-corrected chi connectivity index (χ3v) is 7.03. The Morgan fingerprint density at radius 3 is 2.72 bits per heavy atom. The molecular weight excluding hydrogens is 402 g/mol. The van der Waals surface area contributed by atoms with Gasteiger partial charge >= 0.3 is 0 Å². The largest absolute Gasteiger partial charge is 0.497 e. The summed E-state index contributed by atoms with van der Waals surface area (Å²) < 4.78 is 7.19. The second-order valence-corrected chi connectivity index (χ2v) is 8.96. The zero-order chi connectivity index (χ0) is 21.9. The lowest BCUT2D eigenvalue weighted by atomic mass is 9.75. The van der Waals surface area contributed by atoms with Gasteiger partial charge in [0.05, 0.1) is 38.9 Å². The zero-order valence-corrected chi connectivity index (χ0v) is 18.4. The van der Waals surface area contributed by atoms with Crippen molar-refractivity contribution in [3.05, 3.63) is 66.4 Å². The first-order valence-electron chi connectivity index (χ1n) is 11.4. The van der Waals surface area contributed by atoms with Gasteiger partial charge in [-0.1, -0.05) is 35.5 Å². The second-order valence-electron chi connectivity index (χ2n) is 8.96. The molecule has 1 aromatic heterocycles. The number of aromatic nitrogens is 3. The van der Waals surface area contributed by atoms with Crippen LogP contribution in [0.1, 0.15) is 18.4 Å². The Hall–Kier alpha value is -3.19. The van der Waals surface area contributed by atoms with Crippen LogP contribution in [0.15, 0.2) is 60.8 Å². The molecule has 7 heteroatoms. The van der Waals surface area contributed by atoms with Crippen LogP contribution >= 0.6 is 0 Å². The van der Waals surface area contributed by atoms with Crippen molar-refractivity contribution in [2.45, 2.75) is 32.0 Å². The summed E-state index contributed by atoms with van der Waals surface area (Å²) in [4.78, 5) is 14.4. The second kappa shape index (κ2) is 9.12. The molecule has 3 saturated heterocycles. The number of benzene rings is 2. The fourth-order valence-corrected chi connectivity index (χ4v) is 5.24. The molecule has 4 atom stereocenters. The van der Waals surface area contributed by atoms with Crippen LogP contribution in [-0.4, -0.2) is 47.1 Å². The molecule has 3 aromatic rings. The Balaban J connectivity index is 1.18. The number of ether oxygens (including phenoxy) is 1. The Kier molecular flexibility index (Phi) is 5.90. The monoisotopic (exact) mass is 432 g/mol. The number of quaternary nitrogens is 1. The Bertz CT molecular complexity index is 1050. The molecule has 4 heterocycles. The van der Waals surface area contributed by atoms with Crippen LogP contribution < -0.4 is 15.0 Å². The fraction of sp³-hybridized carbons (Fsp3) is 0.400. The van der Waals surface area contributed by atoms with E-state index in [4.69, 9.17) is 4.74 Å². The first kappa shape index (κ1) is 20.7. The van der Waals surface area contributed by atoms with E-state index in [9.17, 15) is 4.79 Å². The zero-order valence-electron chi connectivity index (χ0n) is 18.4. The lowest BCUT2D eigenvalue weighted by molar-refractivity contribution is -0.945. The number of carbonyl (C=O) groups is 1. The number of hydrogen-bond acceptors (Lipinski definition) is 4. The van der Waals surface area contributed by atoms with Crippen molar-refractivity contribution in [3.63, 3.8) is 0 Å². The lowest BCUT2D eigenvalue weighted by Gasteiger charge is -2.46. The highest BCUT2D eigenvalue weighted by Crippen LogP contribution is 2.28. The quantitative estimate of drug-likeness (QED) is 0.594. The highest BCUT2D eigenvalue weighted by Gasteiger charge is 2.46. The standard InChI is InChI=1S/C25H29N5O2/c1-32-22-9-7-19(8-10-22)24-17-30(28-27-24)15-21-13-20-11-12-29(21)16-23(20)25(31)26-14-18-5-3-2-4-6-18/h2-10,17,20-21,23H,11-16H2,1H3,(H,26,31)/p+1/t20-,21-,23+/m1/s1. The van der Waals surface area contributed by atoms with Crippen LogP contribution in [-0.2, 0) is 17.9 Å². The minimum absolute atomic E-state index is 0.115. The van der Waals surface area contributed by atoms with Gasteiger partial charge in [-0.15, -0.1) is 5.10 Å². The molecule has 32 heavy (non-hydrogen) atoms. The van der Waals surface area contributed by atoms with Gasteiger partial charge in [0.25, 0.3) is 0 Å². The molecular formula is C25H30N5O2+. The summed E-state index contributed by atoms with van der Waals surface area (Å²) >= 11 is 0. The van der Waals surface area contributed by atoms with Crippen molar-refractivity contribution in [1.82, 2.24) is 20.3 Å². The maximum Gasteiger partial charge on any atom is 0.229 e. The lowest BCUT2D eigenvalue weighted by Crippen LogP contribution is -3.20. The van der Waals surface area contributed by atoms with Crippen molar-refractivity contribution in [2.75, 3.05) is 20.2 Å². The van der Waals surface area contributed by atoms with E-state index in [1.807, 2.05) is 53.3 Å². The van der Waals surface area contributed by atoms with Gasteiger partial charge in [-0.05, 0) is 35.7 Å². The highest BCUT2D eigenvalue weighted by atomic mass is 16.5. The number of carbonyl (C=O) groups excluding carboxylic acids is 1. The van der Waals surface area contributed by atoms with Gasteiger partial charge in [0.15, 0.2) is 0 Å². The van der Waals surface area contributed by atoms with E-state index in [0.717, 1.165) is 55.0 Å². The number of hydrogen-bond donors (Lipinski definition) is 2. The summed E-state index contributed by atoms with van der Waals surface area (Å²) in [6, 6.07) is 18.5. The van der Waals surface area contributed by atoms with Crippen LogP contribution in [0.4, 0.5) is 0 Å². The van der Waals surface area contributed by atoms with Gasteiger partial charge in [0.1, 0.15) is 17.5 Å². The predicted octanol–water partition coefficient (Wildman–Crippen LogP) is 1.56. The van der Waals surface area contributed by atoms with Crippen molar-refractivity contribution in [2.24, 2.45) is 11.8 Å². The van der Waals surface area contributed by atoms with Crippen LogP contribution in [0, 0.1) is 11.8 Å². The third-order valence-electron chi connectivity index (χ3n) is 7.03. The van der Waals surface area contributed by atoms with E-state index in [-0.39, 0.29) is 11.8 Å². The normalized spacial score (nSPS) is 24.3. The molecule has 0 spiro atoms. The number of rotatable bonds is 7. The average molecular weight is 433 g/mol. The maximum atomic E-state index is 12.9. The molecule has 2 aromatic carbocycles. The number of piperidine rings is 3. The van der Waals surface area contributed by atoms with Gasteiger partial charge in [-0.3, -0.25) is 4.79 Å². The summed E-state index contributed by atoms with van der Waals surface area (Å²) in [7, 11) is 1.66. The summed E-state index contributed by atoms with van der Waals surface area (Å²) in [5.41, 5.74) is 3.05. The molecule has 1 amide bonds. The van der Waals surface area contributed by atoms with Gasteiger partial charge in [0, 0.05) is 24.9 Å². The Labute approximate surface area is 188 Å². The highest BCUT2D eigenvalue weighted by molar-refractivity contribution is 5.79. The van der Waals surface area contributed by atoms with Crippen LogP contribution in [0.5, 0.6) is 5.75 Å². The number of methoxy groups -OCH3 is 1. The molecule has 2 N–H and O–H groups in total. The Morgan fingerprint density at radius 2 is 2.00 bits per heavy atom. The number of nitrogens with one attached hydrogen (secondary N) is 2.